The molecule has 0 aliphatic carbocycles. The Morgan fingerprint density at radius 2 is 2.00 bits per heavy atom. The van der Waals surface area contributed by atoms with Gasteiger partial charge in [0.1, 0.15) is 0 Å². The third kappa shape index (κ3) is 6.65. The van der Waals surface area contributed by atoms with Crippen LogP contribution in [0.25, 0.3) is 0 Å². The summed E-state index contributed by atoms with van der Waals surface area (Å²) in [6, 6.07) is 0.289. The van der Waals surface area contributed by atoms with E-state index >= 15 is 0 Å². The zero-order valence-corrected chi connectivity index (χ0v) is 13.0. The third-order valence-electron chi connectivity index (χ3n) is 3.14. The summed E-state index contributed by atoms with van der Waals surface area (Å²) in [5.41, 5.74) is -0.363. The maximum absolute atomic E-state index is 11.3. The maximum Gasteiger partial charge on any atom is 0.319 e. The Kier molecular flexibility index (Phi) is 6.88. The predicted octanol–water partition coefficient (Wildman–Crippen LogP) is 0.695. The number of nitrogens with one attached hydrogen (secondary N) is 1. The van der Waals surface area contributed by atoms with Crippen molar-refractivity contribution >= 4 is 5.97 Å². The first kappa shape index (κ1) is 17.4. The van der Waals surface area contributed by atoms with E-state index in [0.717, 1.165) is 25.9 Å². The SMILES string of the molecule is CCOC(=O)CNC1CCN(C(O)OC(C)(C)C)CC1. The lowest BCUT2D eigenvalue weighted by Gasteiger charge is -2.37. The van der Waals surface area contributed by atoms with Gasteiger partial charge in [0.2, 0.25) is 6.41 Å². The molecule has 0 aromatic heterocycles. The number of hydrogen-bond acceptors (Lipinski definition) is 6. The number of nitrogens with zero attached hydrogens (tertiary/aromatic N) is 1. The smallest absolute Gasteiger partial charge is 0.319 e. The fourth-order valence-corrected chi connectivity index (χ4v) is 2.15. The summed E-state index contributed by atoms with van der Waals surface area (Å²) < 4.78 is 10.4. The van der Waals surface area contributed by atoms with E-state index in [4.69, 9.17) is 9.47 Å². The fraction of sp³-hybridized carbons (Fsp3) is 0.929. The van der Waals surface area contributed by atoms with E-state index in [2.05, 4.69) is 5.32 Å². The van der Waals surface area contributed by atoms with Crippen LogP contribution in [0.1, 0.15) is 40.5 Å². The van der Waals surface area contributed by atoms with Crippen molar-refractivity contribution in [2.45, 2.75) is 58.6 Å². The lowest BCUT2D eigenvalue weighted by Crippen LogP contribution is -2.49. The van der Waals surface area contributed by atoms with Crippen molar-refractivity contribution in [3.8, 4) is 0 Å². The summed E-state index contributed by atoms with van der Waals surface area (Å²) >= 11 is 0. The van der Waals surface area contributed by atoms with Gasteiger partial charge in [-0.1, -0.05) is 0 Å². The number of aliphatic hydroxyl groups is 1. The number of carbonyl (C=O) groups excluding carboxylic acids is 1. The Balaban J connectivity index is 2.24. The van der Waals surface area contributed by atoms with Crippen molar-refractivity contribution in [2.24, 2.45) is 0 Å². The van der Waals surface area contributed by atoms with Gasteiger partial charge in [-0.2, -0.15) is 0 Å². The molecule has 0 bridgehead atoms. The van der Waals surface area contributed by atoms with Crippen molar-refractivity contribution in [1.82, 2.24) is 10.2 Å². The molecule has 6 heteroatoms. The molecular weight excluding hydrogens is 260 g/mol. The molecule has 1 unspecified atom stereocenters. The lowest BCUT2D eigenvalue weighted by molar-refractivity contribution is -0.242. The molecule has 6 nitrogen and oxygen atoms in total. The molecule has 1 rings (SSSR count). The van der Waals surface area contributed by atoms with Gasteiger partial charge in [-0.25, -0.2) is 0 Å². The molecule has 1 atom stereocenters. The topological polar surface area (TPSA) is 71.0 Å². The molecular formula is C14H28N2O4. The van der Waals surface area contributed by atoms with E-state index in [-0.39, 0.29) is 24.2 Å². The summed E-state index contributed by atoms with van der Waals surface area (Å²) in [7, 11) is 0. The standard InChI is InChI=1S/C14H28N2O4/c1-5-19-12(17)10-15-11-6-8-16(9-7-11)13(18)20-14(2,3)4/h11,13,15,18H,5-10H2,1-4H3. The summed E-state index contributed by atoms with van der Waals surface area (Å²) in [6.07, 6.45) is 0.898. The summed E-state index contributed by atoms with van der Waals surface area (Å²) in [6.45, 7) is 9.72. The molecule has 1 heterocycles. The highest BCUT2D eigenvalue weighted by Crippen LogP contribution is 2.17. The van der Waals surface area contributed by atoms with Crippen LogP contribution >= 0.6 is 0 Å². The van der Waals surface area contributed by atoms with Gasteiger partial charge in [-0.15, -0.1) is 0 Å². The molecule has 1 aliphatic heterocycles. The second-order valence-corrected chi connectivity index (χ2v) is 6.05. The molecule has 118 valence electrons. The second kappa shape index (κ2) is 7.93. The molecule has 1 fully saturated rings. The molecule has 1 aliphatic rings. The number of esters is 1. The number of hydrogen-bond donors (Lipinski definition) is 2. The van der Waals surface area contributed by atoms with Crippen LogP contribution in [0.4, 0.5) is 0 Å². The minimum atomic E-state index is -0.860. The van der Waals surface area contributed by atoms with E-state index in [9.17, 15) is 9.90 Å². The number of carbonyl (C=O) groups is 1. The number of likely N-dealkylation sites (tertiary alicyclic amines) is 1. The molecule has 0 spiro atoms. The molecule has 0 amide bonds. The first-order chi connectivity index (χ1) is 9.31. The van der Waals surface area contributed by atoms with E-state index < -0.39 is 6.41 Å². The van der Waals surface area contributed by atoms with Gasteiger partial charge in [0.15, 0.2) is 0 Å². The van der Waals surface area contributed by atoms with Gasteiger partial charge in [0, 0.05) is 19.1 Å². The Labute approximate surface area is 121 Å². The van der Waals surface area contributed by atoms with Crippen LogP contribution < -0.4 is 5.32 Å². The van der Waals surface area contributed by atoms with Gasteiger partial charge in [0.25, 0.3) is 0 Å². The van der Waals surface area contributed by atoms with Crippen molar-refractivity contribution in [2.75, 3.05) is 26.2 Å². The van der Waals surface area contributed by atoms with E-state index in [1.54, 1.807) is 6.92 Å². The molecule has 1 saturated heterocycles. The Morgan fingerprint density at radius 1 is 1.40 bits per heavy atom. The predicted molar refractivity (Wildman–Crippen MR) is 76.1 cm³/mol. The van der Waals surface area contributed by atoms with Gasteiger partial charge < -0.3 is 19.9 Å². The largest absolute Gasteiger partial charge is 0.465 e. The highest BCUT2D eigenvalue weighted by atomic mass is 16.6. The summed E-state index contributed by atoms with van der Waals surface area (Å²) in [4.78, 5) is 13.2. The Bertz CT molecular complexity index is 296. The van der Waals surface area contributed by atoms with E-state index in [0.29, 0.717) is 6.61 Å². The second-order valence-electron chi connectivity index (χ2n) is 6.05. The van der Waals surface area contributed by atoms with Crippen molar-refractivity contribution in [3.63, 3.8) is 0 Å². The van der Waals surface area contributed by atoms with Crippen LogP contribution in [0, 0.1) is 0 Å². The highest BCUT2D eigenvalue weighted by Gasteiger charge is 2.27. The number of ether oxygens (including phenoxy) is 2. The fourth-order valence-electron chi connectivity index (χ4n) is 2.15. The van der Waals surface area contributed by atoms with Crippen molar-refractivity contribution < 1.29 is 19.4 Å². The molecule has 0 saturated carbocycles. The van der Waals surface area contributed by atoms with Gasteiger partial charge in [0.05, 0.1) is 18.8 Å². The van der Waals surface area contributed by atoms with Gasteiger partial charge in [-0.05, 0) is 40.5 Å². The monoisotopic (exact) mass is 288 g/mol. The molecule has 2 N–H and O–H groups in total. The quantitative estimate of drug-likeness (QED) is 0.554. The summed E-state index contributed by atoms with van der Waals surface area (Å²) in [5, 5.41) is 13.2. The zero-order valence-electron chi connectivity index (χ0n) is 13.0. The number of aliphatic hydroxyl groups excluding tert-OH is 1. The van der Waals surface area contributed by atoms with Gasteiger partial charge >= 0.3 is 5.97 Å². The molecule has 20 heavy (non-hydrogen) atoms. The average Bonchev–Trinajstić information content (AvgIpc) is 2.35. The van der Waals surface area contributed by atoms with Crippen LogP contribution in [0.15, 0.2) is 0 Å². The van der Waals surface area contributed by atoms with Crippen LogP contribution in [0.3, 0.4) is 0 Å². The maximum atomic E-state index is 11.3. The first-order valence-electron chi connectivity index (χ1n) is 7.30. The summed E-state index contributed by atoms with van der Waals surface area (Å²) in [5.74, 6) is -0.217. The lowest BCUT2D eigenvalue weighted by atomic mass is 10.1. The van der Waals surface area contributed by atoms with Crippen LogP contribution in [-0.2, 0) is 14.3 Å². The minimum absolute atomic E-state index is 0.217. The van der Waals surface area contributed by atoms with Gasteiger partial charge in [-0.3, -0.25) is 9.69 Å². The zero-order chi connectivity index (χ0) is 15.2. The molecule has 0 radical (unpaired) electrons. The average molecular weight is 288 g/mol. The van der Waals surface area contributed by atoms with Crippen LogP contribution in [0.2, 0.25) is 0 Å². The van der Waals surface area contributed by atoms with Crippen molar-refractivity contribution in [3.05, 3.63) is 0 Å². The molecule has 0 aromatic rings. The first-order valence-corrected chi connectivity index (χ1v) is 7.30. The normalized spacial score (nSPS) is 19.9. The van der Waals surface area contributed by atoms with E-state index in [1.807, 2.05) is 25.7 Å². The van der Waals surface area contributed by atoms with Crippen molar-refractivity contribution in [1.29, 1.82) is 0 Å². The Morgan fingerprint density at radius 3 is 2.50 bits per heavy atom. The molecule has 0 aromatic carbocycles. The third-order valence-corrected chi connectivity index (χ3v) is 3.14. The number of rotatable bonds is 6. The highest BCUT2D eigenvalue weighted by molar-refractivity contribution is 5.71. The van der Waals surface area contributed by atoms with E-state index in [1.165, 1.54) is 0 Å². The minimum Gasteiger partial charge on any atom is -0.465 e. The van der Waals surface area contributed by atoms with Crippen LogP contribution in [0.5, 0.6) is 0 Å². The number of piperidine rings is 1. The Hall–Kier alpha value is -0.690. The van der Waals surface area contributed by atoms with Crippen LogP contribution in [-0.4, -0.2) is 60.3 Å².